The Morgan fingerprint density at radius 2 is 0.893 bits per heavy atom. The van der Waals surface area contributed by atoms with Gasteiger partial charge in [-0.3, -0.25) is 0 Å². The molecule has 3 aromatic rings. The normalized spacial score (nSPS) is 17.6. The molecule has 4 heteroatoms. The minimum Gasteiger partial charge on any atom is -0.508 e. The number of phenolic OH excluding ortho intramolecular Hbond substituents is 1. The average molecular weight is 372 g/mol. The molecule has 4 rings (SSSR count). The molecule has 1 saturated heterocycles. The number of hydrogen-bond donors (Lipinski definition) is 1. The van der Waals surface area contributed by atoms with E-state index < -0.39 is 0 Å². The zero-order valence-corrected chi connectivity index (χ0v) is 16.8. The van der Waals surface area contributed by atoms with Crippen molar-refractivity contribution in [3.63, 3.8) is 0 Å². The van der Waals surface area contributed by atoms with Crippen molar-refractivity contribution in [3.05, 3.63) is 72.8 Å². The SMILES string of the molecule is CC1(C)OB(c2ccc(-c3ccc(-c4ccc(O)cc4)cc3)cc2)OC1(C)C. The first-order valence-corrected chi connectivity index (χ1v) is 9.61. The molecule has 0 bridgehead atoms. The fourth-order valence-electron chi connectivity index (χ4n) is 3.32. The number of benzene rings is 3. The van der Waals surface area contributed by atoms with Crippen molar-refractivity contribution in [1.29, 1.82) is 0 Å². The summed E-state index contributed by atoms with van der Waals surface area (Å²) >= 11 is 0. The van der Waals surface area contributed by atoms with Crippen molar-refractivity contribution in [2.75, 3.05) is 0 Å². The zero-order valence-electron chi connectivity index (χ0n) is 16.8. The zero-order chi connectivity index (χ0) is 19.9. The van der Waals surface area contributed by atoms with E-state index in [0.29, 0.717) is 0 Å². The van der Waals surface area contributed by atoms with Crippen molar-refractivity contribution in [3.8, 4) is 28.0 Å². The van der Waals surface area contributed by atoms with Crippen LogP contribution in [0.4, 0.5) is 0 Å². The van der Waals surface area contributed by atoms with Gasteiger partial charge in [0, 0.05) is 0 Å². The van der Waals surface area contributed by atoms with Gasteiger partial charge in [-0.15, -0.1) is 0 Å². The Kier molecular flexibility index (Phi) is 4.57. The fourth-order valence-corrected chi connectivity index (χ4v) is 3.32. The summed E-state index contributed by atoms with van der Waals surface area (Å²) in [6, 6.07) is 24.1. The molecule has 0 spiro atoms. The number of aromatic hydroxyl groups is 1. The molecule has 0 atom stereocenters. The Morgan fingerprint density at radius 1 is 0.571 bits per heavy atom. The summed E-state index contributed by atoms with van der Waals surface area (Å²) in [5.41, 5.74) is 4.88. The lowest BCUT2D eigenvalue weighted by molar-refractivity contribution is 0.00578. The lowest BCUT2D eigenvalue weighted by Gasteiger charge is -2.32. The molecule has 0 saturated carbocycles. The summed E-state index contributed by atoms with van der Waals surface area (Å²) in [5.74, 6) is 0.280. The second kappa shape index (κ2) is 6.80. The van der Waals surface area contributed by atoms with Crippen molar-refractivity contribution < 1.29 is 14.4 Å². The summed E-state index contributed by atoms with van der Waals surface area (Å²) in [6.07, 6.45) is 0. The van der Waals surface area contributed by atoms with Crippen LogP contribution >= 0.6 is 0 Å². The maximum absolute atomic E-state index is 9.44. The van der Waals surface area contributed by atoms with E-state index in [2.05, 4.69) is 76.2 Å². The smallest absolute Gasteiger partial charge is 0.494 e. The highest BCUT2D eigenvalue weighted by Crippen LogP contribution is 2.36. The highest BCUT2D eigenvalue weighted by molar-refractivity contribution is 6.62. The van der Waals surface area contributed by atoms with Crippen LogP contribution in [0.1, 0.15) is 27.7 Å². The molecule has 3 aromatic carbocycles. The van der Waals surface area contributed by atoms with Gasteiger partial charge in [0.1, 0.15) is 5.75 Å². The highest BCUT2D eigenvalue weighted by Gasteiger charge is 2.51. The first-order chi connectivity index (χ1) is 13.2. The van der Waals surface area contributed by atoms with Gasteiger partial charge in [0.15, 0.2) is 0 Å². The van der Waals surface area contributed by atoms with Crippen molar-refractivity contribution in [2.45, 2.75) is 38.9 Å². The molecule has 28 heavy (non-hydrogen) atoms. The molecule has 0 aromatic heterocycles. The standard InChI is InChI=1S/C24H25BO3/c1-23(2)24(3,4)28-25(27-23)21-13-9-19(10-14-21)17-5-7-18(8-6-17)20-11-15-22(26)16-12-20/h5-16,26H,1-4H3. The maximum Gasteiger partial charge on any atom is 0.494 e. The second-order valence-electron chi connectivity index (χ2n) is 8.33. The summed E-state index contributed by atoms with van der Waals surface area (Å²) in [5, 5.41) is 9.44. The first-order valence-electron chi connectivity index (χ1n) is 9.61. The van der Waals surface area contributed by atoms with E-state index in [-0.39, 0.29) is 24.1 Å². The molecule has 0 amide bonds. The fraction of sp³-hybridized carbons (Fsp3) is 0.250. The molecule has 0 radical (unpaired) electrons. The Morgan fingerprint density at radius 3 is 1.29 bits per heavy atom. The van der Waals surface area contributed by atoms with Gasteiger partial charge in [-0.05, 0) is 67.5 Å². The van der Waals surface area contributed by atoms with E-state index in [1.54, 1.807) is 12.1 Å². The van der Waals surface area contributed by atoms with Gasteiger partial charge < -0.3 is 14.4 Å². The van der Waals surface area contributed by atoms with Crippen LogP contribution in [0.3, 0.4) is 0 Å². The van der Waals surface area contributed by atoms with Gasteiger partial charge in [0.25, 0.3) is 0 Å². The Bertz CT molecular complexity index is 942. The summed E-state index contributed by atoms with van der Waals surface area (Å²) in [4.78, 5) is 0. The second-order valence-corrected chi connectivity index (χ2v) is 8.33. The monoisotopic (exact) mass is 372 g/mol. The molecule has 0 unspecified atom stereocenters. The summed E-state index contributed by atoms with van der Waals surface area (Å²) in [6.45, 7) is 8.27. The van der Waals surface area contributed by atoms with Gasteiger partial charge in [0.2, 0.25) is 0 Å². The van der Waals surface area contributed by atoms with Crippen LogP contribution in [0, 0.1) is 0 Å². The molecule has 1 aliphatic rings. The molecule has 1 fully saturated rings. The first kappa shape index (κ1) is 18.8. The van der Waals surface area contributed by atoms with Gasteiger partial charge in [-0.2, -0.15) is 0 Å². The van der Waals surface area contributed by atoms with Crippen LogP contribution in [-0.4, -0.2) is 23.4 Å². The summed E-state index contributed by atoms with van der Waals surface area (Å²) in [7, 11) is -0.337. The Labute approximate surface area is 167 Å². The molecular weight excluding hydrogens is 347 g/mol. The van der Waals surface area contributed by atoms with E-state index in [1.165, 1.54) is 0 Å². The van der Waals surface area contributed by atoms with E-state index in [1.807, 2.05) is 12.1 Å². The largest absolute Gasteiger partial charge is 0.508 e. The third-order valence-electron chi connectivity index (χ3n) is 5.85. The maximum atomic E-state index is 9.44. The van der Waals surface area contributed by atoms with Crippen LogP contribution in [0.25, 0.3) is 22.3 Å². The lowest BCUT2D eigenvalue weighted by Crippen LogP contribution is -2.41. The van der Waals surface area contributed by atoms with E-state index in [9.17, 15) is 5.11 Å². The van der Waals surface area contributed by atoms with Gasteiger partial charge in [0.05, 0.1) is 11.2 Å². The highest BCUT2D eigenvalue weighted by atomic mass is 16.7. The molecule has 1 heterocycles. The van der Waals surface area contributed by atoms with Crippen LogP contribution in [0.5, 0.6) is 5.75 Å². The molecule has 1 aliphatic heterocycles. The van der Waals surface area contributed by atoms with Gasteiger partial charge in [-0.25, -0.2) is 0 Å². The van der Waals surface area contributed by atoms with Crippen LogP contribution in [-0.2, 0) is 9.31 Å². The third-order valence-corrected chi connectivity index (χ3v) is 5.85. The minimum atomic E-state index is -0.337. The van der Waals surface area contributed by atoms with Crippen LogP contribution < -0.4 is 5.46 Å². The Balaban J connectivity index is 1.52. The van der Waals surface area contributed by atoms with Crippen molar-refractivity contribution in [2.24, 2.45) is 0 Å². The quantitative estimate of drug-likeness (QED) is 0.656. The van der Waals surface area contributed by atoms with Crippen LogP contribution in [0.2, 0.25) is 0 Å². The van der Waals surface area contributed by atoms with Gasteiger partial charge in [-0.1, -0.05) is 60.7 Å². The minimum absolute atomic E-state index is 0.280. The average Bonchev–Trinajstić information content (AvgIpc) is 2.90. The Hall–Kier alpha value is -2.56. The molecule has 142 valence electrons. The summed E-state index contributed by atoms with van der Waals surface area (Å²) < 4.78 is 12.3. The van der Waals surface area contributed by atoms with Crippen molar-refractivity contribution >= 4 is 12.6 Å². The van der Waals surface area contributed by atoms with Gasteiger partial charge >= 0.3 is 7.12 Å². The molecule has 0 aliphatic carbocycles. The van der Waals surface area contributed by atoms with E-state index >= 15 is 0 Å². The third kappa shape index (κ3) is 3.46. The topological polar surface area (TPSA) is 38.7 Å². The lowest BCUT2D eigenvalue weighted by atomic mass is 9.78. The van der Waals surface area contributed by atoms with Crippen LogP contribution in [0.15, 0.2) is 72.8 Å². The molecule has 1 N–H and O–H groups in total. The van der Waals surface area contributed by atoms with E-state index in [4.69, 9.17) is 9.31 Å². The van der Waals surface area contributed by atoms with Crippen molar-refractivity contribution in [1.82, 2.24) is 0 Å². The van der Waals surface area contributed by atoms with E-state index in [0.717, 1.165) is 27.7 Å². The number of rotatable bonds is 3. The number of phenols is 1. The number of hydrogen-bond acceptors (Lipinski definition) is 3. The predicted molar refractivity (Wildman–Crippen MR) is 115 cm³/mol. The molecule has 3 nitrogen and oxygen atoms in total. The predicted octanol–water partition coefficient (Wildman–Crippen LogP) is 5.03. The molecular formula is C24H25BO3.